The van der Waals surface area contributed by atoms with Crippen LogP contribution in [0.25, 0.3) is 0 Å². The normalized spacial score (nSPS) is 11.5. The summed E-state index contributed by atoms with van der Waals surface area (Å²) in [7, 11) is 0. The Labute approximate surface area is 142 Å². The highest BCUT2D eigenvalue weighted by molar-refractivity contribution is 7.10. The van der Waals surface area contributed by atoms with E-state index in [0.29, 0.717) is 10.8 Å². The maximum atomic E-state index is 12.5. The number of para-hydroxylation sites is 1. The minimum Gasteiger partial charge on any atom is -0.438 e. The number of benzene rings is 1. The second-order valence-electron chi connectivity index (χ2n) is 4.91. The number of Topliss-reactive ketones (excluding diaryl/α,β-unsaturated/α-hetero) is 1. The van der Waals surface area contributed by atoms with E-state index in [1.54, 1.807) is 17.5 Å². The predicted octanol–water partition coefficient (Wildman–Crippen LogP) is 3.52. The Kier molecular flexibility index (Phi) is 4.59. The Morgan fingerprint density at radius 1 is 1.25 bits per heavy atom. The Morgan fingerprint density at radius 3 is 2.62 bits per heavy atom. The monoisotopic (exact) mass is 336 g/mol. The molecule has 1 atom stereocenters. The number of hydrogen-bond donors (Lipinski definition) is 0. The molecule has 0 aliphatic heterocycles. The van der Waals surface area contributed by atoms with E-state index in [2.05, 4.69) is 15.0 Å². The number of ether oxygens (including phenoxy) is 1. The van der Waals surface area contributed by atoms with Crippen molar-refractivity contribution in [3.05, 3.63) is 64.5 Å². The Balaban J connectivity index is 1.77. The number of thiazole rings is 1. The van der Waals surface area contributed by atoms with Gasteiger partial charge in [0.1, 0.15) is 16.5 Å². The molecule has 2 aromatic heterocycles. The molecule has 3 aromatic rings. The van der Waals surface area contributed by atoms with Crippen molar-refractivity contribution >= 4 is 17.1 Å². The first kappa shape index (κ1) is 15.8. The fourth-order valence-corrected chi connectivity index (χ4v) is 2.82. The smallest absolute Gasteiger partial charge is 0.237 e. The summed E-state index contributed by atoms with van der Waals surface area (Å²) in [5.41, 5.74) is 0.885. The summed E-state index contributed by atoms with van der Waals surface area (Å²) < 4.78 is 5.53. The van der Waals surface area contributed by atoms with Gasteiger partial charge in [-0.2, -0.15) is 5.26 Å². The largest absolute Gasteiger partial charge is 0.438 e. The summed E-state index contributed by atoms with van der Waals surface area (Å²) >= 11 is 1.28. The molecule has 6 nitrogen and oxygen atoms in total. The van der Waals surface area contributed by atoms with Crippen molar-refractivity contribution in [1.82, 2.24) is 15.0 Å². The lowest BCUT2D eigenvalue weighted by atomic mass is 10.0. The average molecular weight is 336 g/mol. The van der Waals surface area contributed by atoms with E-state index in [9.17, 15) is 10.1 Å². The molecule has 0 aliphatic rings. The molecule has 24 heavy (non-hydrogen) atoms. The molecule has 0 saturated carbocycles. The number of aromatic nitrogens is 3. The Bertz CT molecular complexity index is 885. The minimum atomic E-state index is -0.973. The van der Waals surface area contributed by atoms with E-state index in [4.69, 9.17) is 4.74 Å². The number of rotatable bonds is 5. The van der Waals surface area contributed by atoms with Crippen LogP contribution in [0, 0.1) is 18.3 Å². The predicted molar refractivity (Wildman–Crippen MR) is 88.1 cm³/mol. The zero-order chi connectivity index (χ0) is 16.9. The third kappa shape index (κ3) is 3.45. The van der Waals surface area contributed by atoms with Crippen molar-refractivity contribution in [3.8, 4) is 17.7 Å². The van der Waals surface area contributed by atoms with Gasteiger partial charge in [0.05, 0.1) is 18.5 Å². The minimum absolute atomic E-state index is 0.106. The number of ketones is 1. The maximum Gasteiger partial charge on any atom is 0.237 e. The van der Waals surface area contributed by atoms with Gasteiger partial charge in [0.15, 0.2) is 5.92 Å². The van der Waals surface area contributed by atoms with Gasteiger partial charge in [0.2, 0.25) is 11.7 Å². The van der Waals surface area contributed by atoms with E-state index in [1.807, 2.05) is 31.2 Å². The van der Waals surface area contributed by atoms with Gasteiger partial charge in [-0.15, -0.1) is 11.3 Å². The summed E-state index contributed by atoms with van der Waals surface area (Å²) in [5, 5.41) is 11.6. The van der Waals surface area contributed by atoms with Gasteiger partial charge in [-0.05, 0) is 19.1 Å². The topological polar surface area (TPSA) is 88.8 Å². The van der Waals surface area contributed by atoms with Crippen LogP contribution in [-0.4, -0.2) is 20.7 Å². The second kappa shape index (κ2) is 6.98. The number of nitrogens with zero attached hydrogens (tertiary/aromatic N) is 4. The van der Waals surface area contributed by atoms with Crippen LogP contribution in [0.4, 0.5) is 0 Å². The van der Waals surface area contributed by atoms with Gasteiger partial charge in [-0.3, -0.25) is 4.79 Å². The number of hydrogen-bond acceptors (Lipinski definition) is 7. The maximum absolute atomic E-state index is 12.5. The highest BCUT2D eigenvalue weighted by Crippen LogP contribution is 2.24. The lowest BCUT2D eigenvalue weighted by Gasteiger charge is -2.06. The fraction of sp³-hybridized carbons (Fsp3) is 0.118. The highest BCUT2D eigenvalue weighted by Gasteiger charge is 2.26. The van der Waals surface area contributed by atoms with Crippen molar-refractivity contribution in [2.24, 2.45) is 0 Å². The van der Waals surface area contributed by atoms with Crippen molar-refractivity contribution in [3.63, 3.8) is 0 Å². The molecular weight excluding hydrogens is 324 g/mol. The molecule has 0 unspecified atom stereocenters. The summed E-state index contributed by atoms with van der Waals surface area (Å²) in [6, 6.07) is 11.1. The number of carbonyl (C=O) groups is 1. The van der Waals surface area contributed by atoms with Crippen molar-refractivity contribution < 1.29 is 9.53 Å². The molecule has 3 rings (SSSR count). The number of aryl methyl sites for hydroxylation is 1. The molecular formula is C17H12N4O2S. The van der Waals surface area contributed by atoms with Crippen LogP contribution < -0.4 is 4.74 Å². The van der Waals surface area contributed by atoms with Crippen LogP contribution >= 0.6 is 11.3 Å². The number of carbonyl (C=O) groups excluding carboxylic acids is 1. The standard InChI is InChI=1S/C17H12N4O2S/c1-11-10-24-17(21-11)13(7-18)16(22)14-8-20-15(9-19-14)23-12-5-3-2-4-6-12/h2-6,8-10,13H,1H3/t13-/m1/s1. The number of nitriles is 1. The molecule has 0 bridgehead atoms. The van der Waals surface area contributed by atoms with Gasteiger partial charge in [-0.25, -0.2) is 15.0 Å². The third-order valence-electron chi connectivity index (χ3n) is 3.12. The Morgan fingerprint density at radius 2 is 2.04 bits per heavy atom. The fourth-order valence-electron chi connectivity index (χ4n) is 1.98. The van der Waals surface area contributed by atoms with E-state index >= 15 is 0 Å². The van der Waals surface area contributed by atoms with Crippen LogP contribution in [0.1, 0.15) is 27.1 Å². The van der Waals surface area contributed by atoms with Crippen molar-refractivity contribution in [2.75, 3.05) is 0 Å². The first-order valence-corrected chi connectivity index (χ1v) is 7.96. The Hall–Kier alpha value is -3.11. The summed E-state index contributed by atoms with van der Waals surface area (Å²) in [6.45, 7) is 1.81. The first-order valence-electron chi connectivity index (χ1n) is 7.08. The summed E-state index contributed by atoms with van der Waals surface area (Å²) in [5.74, 6) is -0.500. The molecule has 0 spiro atoms. The van der Waals surface area contributed by atoms with Gasteiger partial charge in [-0.1, -0.05) is 18.2 Å². The van der Waals surface area contributed by atoms with Gasteiger partial charge >= 0.3 is 0 Å². The summed E-state index contributed by atoms with van der Waals surface area (Å²) in [4.78, 5) is 24.8. The van der Waals surface area contributed by atoms with Crippen LogP contribution in [-0.2, 0) is 0 Å². The lowest BCUT2D eigenvalue weighted by Crippen LogP contribution is -2.13. The van der Waals surface area contributed by atoms with Crippen molar-refractivity contribution in [1.29, 1.82) is 5.26 Å². The molecule has 1 aromatic carbocycles. The average Bonchev–Trinajstić information content (AvgIpc) is 3.03. The van der Waals surface area contributed by atoms with Crippen molar-refractivity contribution in [2.45, 2.75) is 12.8 Å². The van der Waals surface area contributed by atoms with Crippen LogP contribution in [0.2, 0.25) is 0 Å². The van der Waals surface area contributed by atoms with Gasteiger partial charge < -0.3 is 4.74 Å². The molecule has 118 valence electrons. The van der Waals surface area contributed by atoms with E-state index < -0.39 is 11.7 Å². The molecule has 0 N–H and O–H groups in total. The second-order valence-corrected chi connectivity index (χ2v) is 5.80. The van der Waals surface area contributed by atoms with Crippen LogP contribution in [0.15, 0.2) is 48.1 Å². The lowest BCUT2D eigenvalue weighted by molar-refractivity contribution is 0.0973. The van der Waals surface area contributed by atoms with Gasteiger partial charge in [0, 0.05) is 11.1 Å². The molecule has 0 fully saturated rings. The molecule has 0 radical (unpaired) electrons. The summed E-state index contributed by atoms with van der Waals surface area (Å²) in [6.07, 6.45) is 2.67. The van der Waals surface area contributed by atoms with E-state index in [1.165, 1.54) is 23.7 Å². The highest BCUT2D eigenvalue weighted by atomic mass is 32.1. The molecule has 0 saturated heterocycles. The van der Waals surface area contributed by atoms with Gasteiger partial charge in [0.25, 0.3) is 0 Å². The molecule has 0 aliphatic carbocycles. The van der Waals surface area contributed by atoms with Crippen LogP contribution in [0.3, 0.4) is 0 Å². The third-order valence-corrected chi connectivity index (χ3v) is 4.15. The zero-order valence-corrected chi connectivity index (χ0v) is 13.5. The quantitative estimate of drug-likeness (QED) is 0.662. The molecule has 2 heterocycles. The van der Waals surface area contributed by atoms with Crippen LogP contribution in [0.5, 0.6) is 11.6 Å². The van der Waals surface area contributed by atoms with E-state index in [-0.39, 0.29) is 11.6 Å². The van der Waals surface area contributed by atoms with E-state index in [0.717, 1.165) is 5.69 Å². The zero-order valence-electron chi connectivity index (χ0n) is 12.7. The first-order chi connectivity index (χ1) is 11.7. The molecule has 0 amide bonds. The molecule has 7 heteroatoms. The SMILES string of the molecule is Cc1csc([C@H](C#N)C(=O)c2cnc(Oc3ccccc3)cn2)n1.